The van der Waals surface area contributed by atoms with Crippen molar-refractivity contribution in [2.45, 2.75) is 13.3 Å². The van der Waals surface area contributed by atoms with E-state index < -0.39 is 34.6 Å². The number of benzene rings is 4. The van der Waals surface area contributed by atoms with Gasteiger partial charge in [-0.1, -0.05) is 49.1 Å². The minimum atomic E-state index is -1.56. The molecule has 0 spiro atoms. The lowest BCUT2D eigenvalue weighted by Gasteiger charge is -2.06. The maximum atomic E-state index is 14.6. The first-order valence-corrected chi connectivity index (χ1v) is 9.55. The molecule has 0 atom stereocenters. The van der Waals surface area contributed by atoms with Crippen molar-refractivity contribution in [2.24, 2.45) is 0 Å². The van der Waals surface area contributed by atoms with Crippen molar-refractivity contribution in [1.29, 1.82) is 0 Å². The smallest absolute Gasteiger partial charge is 0.195 e. The highest BCUT2D eigenvalue weighted by atomic mass is 19.2. The van der Waals surface area contributed by atoms with Crippen LogP contribution in [0.3, 0.4) is 0 Å². The van der Waals surface area contributed by atoms with Gasteiger partial charge in [0.15, 0.2) is 17.5 Å². The van der Waals surface area contributed by atoms with Crippen LogP contribution in [0.25, 0.3) is 21.9 Å². The first-order valence-electron chi connectivity index (χ1n) is 9.55. The van der Waals surface area contributed by atoms with Gasteiger partial charge in [0.1, 0.15) is 11.6 Å². The molecule has 0 saturated heterocycles. The van der Waals surface area contributed by atoms with Crippen LogP contribution in [-0.2, 0) is 6.42 Å². The molecule has 0 bridgehead atoms. The van der Waals surface area contributed by atoms with E-state index in [1.54, 1.807) is 12.1 Å². The Balaban J connectivity index is 1.69. The molecule has 0 nitrogen and oxygen atoms in total. The summed E-state index contributed by atoms with van der Waals surface area (Å²) in [4.78, 5) is 0. The molecule has 0 saturated carbocycles. The minimum absolute atomic E-state index is 0.0926. The highest BCUT2D eigenvalue weighted by Gasteiger charge is 2.14. The third kappa shape index (κ3) is 4.02. The van der Waals surface area contributed by atoms with Gasteiger partial charge in [-0.3, -0.25) is 0 Å². The van der Waals surface area contributed by atoms with Crippen molar-refractivity contribution in [1.82, 2.24) is 0 Å². The molecular weight excluding hydrogens is 407 g/mol. The van der Waals surface area contributed by atoms with Gasteiger partial charge in [-0.15, -0.1) is 0 Å². The minimum Gasteiger partial charge on any atom is -0.205 e. The number of rotatable bonds is 2. The summed E-state index contributed by atoms with van der Waals surface area (Å²) in [7, 11) is 0. The number of hydrogen-bond donors (Lipinski definition) is 0. The summed E-state index contributed by atoms with van der Waals surface area (Å²) < 4.78 is 69.8. The molecule has 0 radical (unpaired) electrons. The highest BCUT2D eigenvalue weighted by molar-refractivity contribution is 5.84. The fourth-order valence-electron chi connectivity index (χ4n) is 3.31. The van der Waals surface area contributed by atoms with Crippen molar-refractivity contribution in [3.8, 4) is 23.0 Å². The molecule has 4 aromatic carbocycles. The molecule has 31 heavy (non-hydrogen) atoms. The summed E-state index contributed by atoms with van der Waals surface area (Å²) in [5.74, 6) is -0.780. The van der Waals surface area contributed by atoms with Crippen LogP contribution in [0.15, 0.2) is 60.7 Å². The molecule has 0 aliphatic rings. The average Bonchev–Trinajstić information content (AvgIpc) is 2.77. The predicted molar refractivity (Wildman–Crippen MR) is 111 cm³/mol. The highest BCUT2D eigenvalue weighted by Crippen LogP contribution is 2.26. The fourth-order valence-corrected chi connectivity index (χ4v) is 3.31. The number of fused-ring (bicyclic) bond motifs is 1. The van der Waals surface area contributed by atoms with E-state index in [9.17, 15) is 22.0 Å². The van der Waals surface area contributed by atoms with Crippen LogP contribution in [0.2, 0.25) is 0 Å². The molecule has 4 aromatic rings. The van der Waals surface area contributed by atoms with Gasteiger partial charge < -0.3 is 0 Å². The molecule has 0 heterocycles. The first kappa shape index (κ1) is 20.6. The Morgan fingerprint density at radius 2 is 1.32 bits per heavy atom. The van der Waals surface area contributed by atoms with Crippen molar-refractivity contribution < 1.29 is 22.0 Å². The summed E-state index contributed by atoms with van der Waals surface area (Å²) in [6, 6.07) is 14.6. The second kappa shape index (κ2) is 8.23. The molecular formula is C26H15F5. The van der Waals surface area contributed by atoms with Gasteiger partial charge in [-0.05, 0) is 58.8 Å². The summed E-state index contributed by atoms with van der Waals surface area (Å²) in [6.45, 7) is 2.02. The zero-order valence-electron chi connectivity index (χ0n) is 16.4. The molecule has 0 amide bonds. The molecule has 5 heteroatoms. The van der Waals surface area contributed by atoms with Gasteiger partial charge in [0.05, 0.1) is 5.56 Å². The lowest BCUT2D eigenvalue weighted by Crippen LogP contribution is -1.93. The van der Waals surface area contributed by atoms with Crippen LogP contribution in [0, 0.1) is 40.9 Å². The van der Waals surface area contributed by atoms with Crippen molar-refractivity contribution in [2.75, 3.05) is 0 Å². The Labute approximate surface area is 176 Å². The first-order chi connectivity index (χ1) is 14.9. The van der Waals surface area contributed by atoms with Gasteiger partial charge in [-0.2, -0.15) is 0 Å². The quantitative estimate of drug-likeness (QED) is 0.183. The van der Waals surface area contributed by atoms with Gasteiger partial charge in [0.25, 0.3) is 0 Å². The standard InChI is InChI=1S/C26H15F5/c1-2-15-3-7-17(8-4-15)18-12-22(27)21(23(28)13-18)10-6-16-5-9-20-19(11-16)14-24(29)26(31)25(20)30/h3-5,7-9,11-14H,2H2,1H3. The van der Waals surface area contributed by atoms with Gasteiger partial charge in [0, 0.05) is 10.9 Å². The Bertz CT molecular complexity index is 1340. The van der Waals surface area contributed by atoms with Crippen molar-refractivity contribution >= 4 is 10.8 Å². The number of aryl methyl sites for hydroxylation is 1. The molecule has 4 rings (SSSR count). The Kier molecular flexibility index (Phi) is 5.48. The second-order valence-corrected chi connectivity index (χ2v) is 7.04. The fraction of sp³-hybridized carbons (Fsp3) is 0.0769. The van der Waals surface area contributed by atoms with Crippen molar-refractivity contribution in [3.05, 3.63) is 106 Å². The van der Waals surface area contributed by atoms with E-state index in [1.165, 1.54) is 30.3 Å². The van der Waals surface area contributed by atoms with Crippen LogP contribution < -0.4 is 0 Å². The van der Waals surface area contributed by atoms with Gasteiger partial charge >= 0.3 is 0 Å². The predicted octanol–water partition coefficient (Wildman–Crippen LogP) is 7.16. The SMILES string of the molecule is CCc1ccc(-c2cc(F)c(C#Cc3ccc4c(F)c(F)c(F)cc4c3)c(F)c2)cc1. The Morgan fingerprint density at radius 3 is 1.97 bits per heavy atom. The second-order valence-electron chi connectivity index (χ2n) is 7.04. The summed E-state index contributed by atoms with van der Waals surface area (Å²) >= 11 is 0. The van der Waals surface area contributed by atoms with Crippen LogP contribution >= 0.6 is 0 Å². The van der Waals surface area contributed by atoms with E-state index >= 15 is 0 Å². The van der Waals surface area contributed by atoms with Crippen LogP contribution in [0.5, 0.6) is 0 Å². The molecule has 0 N–H and O–H groups in total. The van der Waals surface area contributed by atoms with Crippen LogP contribution in [0.4, 0.5) is 22.0 Å². The van der Waals surface area contributed by atoms with Gasteiger partial charge in [0.2, 0.25) is 0 Å². The molecule has 0 unspecified atom stereocenters. The Hall–Kier alpha value is -3.65. The third-order valence-corrected chi connectivity index (χ3v) is 5.04. The van der Waals surface area contributed by atoms with Crippen LogP contribution in [0.1, 0.15) is 23.6 Å². The number of halogens is 5. The third-order valence-electron chi connectivity index (χ3n) is 5.04. The van der Waals surface area contributed by atoms with E-state index in [1.807, 2.05) is 19.1 Å². The molecule has 154 valence electrons. The molecule has 0 aromatic heterocycles. The van der Waals surface area contributed by atoms with E-state index in [0.717, 1.165) is 18.1 Å². The lowest BCUT2D eigenvalue weighted by molar-refractivity contribution is 0.453. The summed E-state index contributed by atoms with van der Waals surface area (Å²) in [5.41, 5.74) is 2.05. The van der Waals surface area contributed by atoms with E-state index in [-0.39, 0.29) is 16.3 Å². The molecule has 0 fully saturated rings. The summed E-state index contributed by atoms with van der Waals surface area (Å²) in [6.07, 6.45) is 0.862. The molecule has 0 aliphatic heterocycles. The maximum Gasteiger partial charge on any atom is 0.195 e. The van der Waals surface area contributed by atoms with Gasteiger partial charge in [-0.25, -0.2) is 22.0 Å². The normalized spacial score (nSPS) is 10.8. The average molecular weight is 422 g/mol. The number of hydrogen-bond acceptors (Lipinski definition) is 0. The van der Waals surface area contributed by atoms with Crippen LogP contribution in [-0.4, -0.2) is 0 Å². The van der Waals surface area contributed by atoms with E-state index in [0.29, 0.717) is 11.1 Å². The topological polar surface area (TPSA) is 0 Å². The zero-order chi connectivity index (χ0) is 22.1. The monoisotopic (exact) mass is 422 g/mol. The molecule has 0 aliphatic carbocycles. The summed E-state index contributed by atoms with van der Waals surface area (Å²) in [5, 5.41) is -0.0183. The van der Waals surface area contributed by atoms with E-state index in [2.05, 4.69) is 11.8 Å². The maximum absolute atomic E-state index is 14.6. The zero-order valence-corrected chi connectivity index (χ0v) is 16.4. The van der Waals surface area contributed by atoms with E-state index in [4.69, 9.17) is 0 Å². The Morgan fingerprint density at radius 1 is 0.645 bits per heavy atom. The largest absolute Gasteiger partial charge is 0.205 e. The van der Waals surface area contributed by atoms with Crippen molar-refractivity contribution in [3.63, 3.8) is 0 Å². The lowest BCUT2D eigenvalue weighted by atomic mass is 10.0.